The average Bonchev–Trinajstić information content (AvgIpc) is 2.64. The Balaban J connectivity index is 2.86. The van der Waals surface area contributed by atoms with Crippen molar-refractivity contribution < 1.29 is 9.72 Å². The Morgan fingerprint density at radius 1 is 1.86 bits per heavy atom. The molecule has 0 radical (unpaired) electrons. The van der Waals surface area contributed by atoms with E-state index in [4.69, 9.17) is 5.84 Å². The second-order valence-corrected chi connectivity index (χ2v) is 2.62. The fourth-order valence-electron chi connectivity index (χ4n) is 0.888. The summed E-state index contributed by atoms with van der Waals surface area (Å²) in [5.41, 5.74) is 1.94. The number of amides is 1. The number of nitrogens with two attached hydrogens (primary N) is 1. The van der Waals surface area contributed by atoms with Crippen LogP contribution in [-0.2, 0) is 4.79 Å². The van der Waals surface area contributed by atoms with E-state index >= 15 is 0 Å². The number of nitrogens with one attached hydrogen (secondary N) is 1. The first kappa shape index (κ1) is 10.1. The van der Waals surface area contributed by atoms with Crippen LogP contribution in [0.15, 0.2) is 12.5 Å². The lowest BCUT2D eigenvalue weighted by molar-refractivity contribution is -0.389. The lowest BCUT2D eigenvalue weighted by atomic mass is 10.3. The van der Waals surface area contributed by atoms with Gasteiger partial charge in [0, 0.05) is 0 Å². The van der Waals surface area contributed by atoms with Crippen LogP contribution >= 0.6 is 0 Å². The van der Waals surface area contributed by atoms with E-state index < -0.39 is 16.9 Å². The molecule has 3 N–H and O–H groups in total. The van der Waals surface area contributed by atoms with Gasteiger partial charge in [-0.05, 0) is 16.8 Å². The first-order chi connectivity index (χ1) is 6.56. The number of aromatic nitrogens is 2. The topological polar surface area (TPSA) is 116 Å². The summed E-state index contributed by atoms with van der Waals surface area (Å²) in [6.07, 6.45) is 2.37. The number of carbonyl (C=O) groups excluding carboxylic acids is 1. The Hall–Kier alpha value is -1.96. The van der Waals surface area contributed by atoms with Crippen molar-refractivity contribution in [2.24, 2.45) is 5.84 Å². The molecule has 76 valence electrons. The minimum atomic E-state index is -0.635. The lowest BCUT2D eigenvalue weighted by Crippen LogP contribution is -2.35. The van der Waals surface area contributed by atoms with Crippen molar-refractivity contribution in [1.29, 1.82) is 0 Å². The minimum Gasteiger partial charge on any atom is -0.358 e. The summed E-state index contributed by atoms with van der Waals surface area (Å²) in [4.78, 5) is 24.2. The Morgan fingerprint density at radius 3 is 2.93 bits per heavy atom. The van der Waals surface area contributed by atoms with E-state index in [1.807, 2.05) is 5.43 Å². The summed E-state index contributed by atoms with van der Waals surface area (Å²) in [6, 6.07) is -0.624. The monoisotopic (exact) mass is 199 g/mol. The molecule has 0 aliphatic heterocycles. The molecule has 0 aliphatic carbocycles. The van der Waals surface area contributed by atoms with Crippen LogP contribution in [0.3, 0.4) is 0 Å². The van der Waals surface area contributed by atoms with E-state index in [2.05, 4.69) is 4.98 Å². The summed E-state index contributed by atoms with van der Waals surface area (Å²) >= 11 is 0. The van der Waals surface area contributed by atoms with E-state index in [9.17, 15) is 14.9 Å². The number of carbonyl (C=O) groups is 1. The van der Waals surface area contributed by atoms with Crippen molar-refractivity contribution in [3.05, 3.63) is 22.6 Å². The molecule has 8 nitrogen and oxygen atoms in total. The number of nitrogens with zero attached hydrogens (tertiary/aromatic N) is 3. The maximum absolute atomic E-state index is 11.0. The van der Waals surface area contributed by atoms with Crippen LogP contribution in [-0.4, -0.2) is 20.4 Å². The molecular formula is C6H9N5O3. The zero-order valence-electron chi connectivity index (χ0n) is 7.38. The predicted octanol–water partition coefficient (Wildman–Crippen LogP) is -0.658. The minimum absolute atomic E-state index is 0.304. The van der Waals surface area contributed by atoms with Gasteiger partial charge in [-0.25, -0.2) is 5.84 Å². The van der Waals surface area contributed by atoms with E-state index in [0.29, 0.717) is 0 Å². The fourth-order valence-corrected chi connectivity index (χ4v) is 0.888. The van der Waals surface area contributed by atoms with Crippen molar-refractivity contribution in [2.75, 3.05) is 0 Å². The maximum Gasteiger partial charge on any atom is 0.381 e. The van der Waals surface area contributed by atoms with Crippen molar-refractivity contribution in [2.45, 2.75) is 13.0 Å². The van der Waals surface area contributed by atoms with Gasteiger partial charge in [0.25, 0.3) is 5.91 Å². The van der Waals surface area contributed by atoms with Crippen LogP contribution in [0.25, 0.3) is 0 Å². The van der Waals surface area contributed by atoms with Crippen LogP contribution in [0.1, 0.15) is 13.0 Å². The van der Waals surface area contributed by atoms with Gasteiger partial charge in [0.05, 0.1) is 0 Å². The van der Waals surface area contributed by atoms with Gasteiger partial charge in [-0.3, -0.25) is 14.8 Å². The molecule has 0 aliphatic rings. The average molecular weight is 199 g/mol. The second kappa shape index (κ2) is 3.83. The zero-order chi connectivity index (χ0) is 10.7. The molecule has 1 rings (SSSR count). The van der Waals surface area contributed by atoms with Crippen molar-refractivity contribution in [3.8, 4) is 0 Å². The molecule has 1 amide bonds. The molecule has 14 heavy (non-hydrogen) atoms. The molecule has 1 aromatic rings. The number of hydrogen-bond donors (Lipinski definition) is 2. The molecule has 0 bridgehead atoms. The zero-order valence-corrected chi connectivity index (χ0v) is 7.38. The van der Waals surface area contributed by atoms with Crippen LogP contribution in [0.4, 0.5) is 5.82 Å². The number of imidazole rings is 1. The molecule has 0 spiro atoms. The first-order valence-corrected chi connectivity index (χ1v) is 3.74. The Labute approximate surface area is 78.8 Å². The number of nitro groups is 1. The van der Waals surface area contributed by atoms with E-state index in [0.717, 1.165) is 0 Å². The third-order valence-electron chi connectivity index (χ3n) is 1.74. The van der Waals surface area contributed by atoms with E-state index in [1.165, 1.54) is 17.1 Å². The van der Waals surface area contributed by atoms with Crippen LogP contribution in [0, 0.1) is 10.1 Å². The SMILES string of the molecule is CC(C(=O)NN)n1cnc([N+](=O)[O-])c1. The fraction of sp³-hybridized carbons (Fsp3) is 0.333. The maximum atomic E-state index is 11.0. The van der Waals surface area contributed by atoms with Crippen LogP contribution in [0.2, 0.25) is 0 Å². The number of hydrazine groups is 1. The summed E-state index contributed by atoms with van der Waals surface area (Å²) in [7, 11) is 0. The van der Waals surface area contributed by atoms with Gasteiger partial charge in [-0.15, -0.1) is 0 Å². The molecule has 0 saturated heterocycles. The van der Waals surface area contributed by atoms with Gasteiger partial charge in [0.2, 0.25) is 6.33 Å². The van der Waals surface area contributed by atoms with E-state index in [1.54, 1.807) is 6.92 Å². The lowest BCUT2D eigenvalue weighted by Gasteiger charge is -2.08. The Morgan fingerprint density at radius 2 is 2.50 bits per heavy atom. The van der Waals surface area contributed by atoms with Crippen LogP contribution < -0.4 is 11.3 Å². The summed E-state index contributed by atoms with van der Waals surface area (Å²) in [5, 5.41) is 10.3. The molecular weight excluding hydrogens is 190 g/mol. The third-order valence-corrected chi connectivity index (χ3v) is 1.74. The van der Waals surface area contributed by atoms with Crippen molar-refractivity contribution in [1.82, 2.24) is 15.0 Å². The summed E-state index contributed by atoms with van der Waals surface area (Å²) in [6.45, 7) is 1.55. The van der Waals surface area contributed by atoms with Gasteiger partial charge in [0.1, 0.15) is 12.2 Å². The van der Waals surface area contributed by atoms with Crippen LogP contribution in [0.5, 0.6) is 0 Å². The molecule has 0 saturated carbocycles. The highest BCUT2D eigenvalue weighted by molar-refractivity contribution is 5.79. The quantitative estimate of drug-likeness (QED) is 0.290. The van der Waals surface area contributed by atoms with Gasteiger partial charge in [-0.1, -0.05) is 0 Å². The predicted molar refractivity (Wildman–Crippen MR) is 45.9 cm³/mol. The highest BCUT2D eigenvalue weighted by Crippen LogP contribution is 2.11. The summed E-state index contributed by atoms with van der Waals surface area (Å²) < 4.78 is 1.31. The normalized spacial score (nSPS) is 12.1. The highest BCUT2D eigenvalue weighted by atomic mass is 16.6. The van der Waals surface area contributed by atoms with Crippen molar-refractivity contribution in [3.63, 3.8) is 0 Å². The largest absolute Gasteiger partial charge is 0.381 e. The highest BCUT2D eigenvalue weighted by Gasteiger charge is 2.18. The Bertz CT molecular complexity index is 360. The molecule has 8 heteroatoms. The van der Waals surface area contributed by atoms with Crippen molar-refractivity contribution >= 4 is 11.7 Å². The molecule has 0 aromatic carbocycles. The van der Waals surface area contributed by atoms with Gasteiger partial charge in [0.15, 0.2) is 0 Å². The van der Waals surface area contributed by atoms with E-state index in [-0.39, 0.29) is 5.82 Å². The van der Waals surface area contributed by atoms with Gasteiger partial charge in [-0.2, -0.15) is 0 Å². The second-order valence-electron chi connectivity index (χ2n) is 2.62. The third kappa shape index (κ3) is 1.85. The number of hydrogen-bond acceptors (Lipinski definition) is 5. The standard InChI is InChI=1S/C6H9N5O3/c1-4(6(12)9-7)10-2-5(8-3-10)11(13)14/h2-4H,7H2,1H3,(H,9,12). The molecule has 1 unspecified atom stereocenters. The molecule has 1 heterocycles. The molecule has 1 aromatic heterocycles. The van der Waals surface area contributed by atoms with Gasteiger partial charge < -0.3 is 10.1 Å². The van der Waals surface area contributed by atoms with Gasteiger partial charge >= 0.3 is 5.82 Å². The summed E-state index contributed by atoms with van der Waals surface area (Å²) in [5.74, 6) is 4.16. The molecule has 1 atom stereocenters. The molecule has 0 fully saturated rings. The number of rotatable bonds is 3. The Kier molecular flexibility index (Phi) is 2.77. The first-order valence-electron chi connectivity index (χ1n) is 3.74. The smallest absolute Gasteiger partial charge is 0.358 e.